The Kier molecular flexibility index (Phi) is 3.23. The maximum Gasteiger partial charge on any atom is 0.232 e. The van der Waals surface area contributed by atoms with Crippen LogP contribution in [0.2, 0.25) is 0 Å². The zero-order valence-electron chi connectivity index (χ0n) is 11.3. The van der Waals surface area contributed by atoms with Gasteiger partial charge in [0, 0.05) is 17.5 Å². The highest BCUT2D eigenvalue weighted by Gasteiger charge is 2.33. The lowest BCUT2D eigenvalue weighted by Gasteiger charge is -2.24. The normalized spacial score (nSPS) is 27.8. The van der Waals surface area contributed by atoms with E-state index in [2.05, 4.69) is 10.1 Å². The van der Waals surface area contributed by atoms with E-state index in [1.54, 1.807) is 0 Å². The van der Waals surface area contributed by atoms with Crippen molar-refractivity contribution < 1.29 is 14.0 Å². The van der Waals surface area contributed by atoms with Gasteiger partial charge in [-0.05, 0) is 12.1 Å². The number of ether oxygens (including phenoxy) is 2. The molecule has 7 heteroatoms. The zero-order chi connectivity index (χ0) is 14.2. The van der Waals surface area contributed by atoms with Crippen LogP contribution in [0.25, 0.3) is 0 Å². The SMILES string of the molecule is NC1CSCC1c1nc(C2COc3ccccc3O2)no1. The van der Waals surface area contributed by atoms with E-state index in [9.17, 15) is 0 Å². The van der Waals surface area contributed by atoms with Gasteiger partial charge in [0.25, 0.3) is 0 Å². The van der Waals surface area contributed by atoms with Gasteiger partial charge in [-0.1, -0.05) is 17.3 Å². The number of benzene rings is 1. The summed E-state index contributed by atoms with van der Waals surface area (Å²) >= 11 is 1.81. The summed E-state index contributed by atoms with van der Waals surface area (Å²) in [7, 11) is 0. The Balaban J connectivity index is 1.54. The lowest BCUT2D eigenvalue weighted by molar-refractivity contribution is 0.0832. The molecule has 0 saturated carbocycles. The molecule has 0 spiro atoms. The van der Waals surface area contributed by atoms with Crippen LogP contribution in [0, 0.1) is 0 Å². The van der Waals surface area contributed by atoms with Crippen LogP contribution in [-0.2, 0) is 0 Å². The van der Waals surface area contributed by atoms with Gasteiger partial charge in [-0.25, -0.2) is 0 Å². The maximum atomic E-state index is 6.06. The van der Waals surface area contributed by atoms with Gasteiger partial charge < -0.3 is 19.7 Å². The molecule has 2 aliphatic heterocycles. The first-order valence-electron chi connectivity index (χ1n) is 6.86. The van der Waals surface area contributed by atoms with E-state index in [1.807, 2.05) is 36.0 Å². The monoisotopic (exact) mass is 305 g/mol. The van der Waals surface area contributed by atoms with Crippen LogP contribution >= 0.6 is 11.8 Å². The molecule has 0 bridgehead atoms. The Bertz CT molecular complexity index is 648. The van der Waals surface area contributed by atoms with Crippen molar-refractivity contribution >= 4 is 11.8 Å². The molecule has 0 radical (unpaired) electrons. The van der Waals surface area contributed by atoms with Crippen LogP contribution < -0.4 is 15.2 Å². The van der Waals surface area contributed by atoms with E-state index in [0.29, 0.717) is 24.1 Å². The van der Waals surface area contributed by atoms with Crippen LogP contribution in [0.4, 0.5) is 0 Å². The summed E-state index contributed by atoms with van der Waals surface area (Å²) in [5.74, 6) is 4.55. The molecule has 110 valence electrons. The van der Waals surface area contributed by atoms with E-state index < -0.39 is 0 Å². The molecule has 1 fully saturated rings. The van der Waals surface area contributed by atoms with Gasteiger partial charge in [0.1, 0.15) is 6.61 Å². The number of nitrogens with zero attached hydrogens (tertiary/aromatic N) is 2. The topological polar surface area (TPSA) is 83.4 Å². The highest BCUT2D eigenvalue weighted by molar-refractivity contribution is 7.99. The summed E-state index contributed by atoms with van der Waals surface area (Å²) < 4.78 is 16.9. The Morgan fingerprint density at radius 2 is 2.05 bits per heavy atom. The number of hydrogen-bond donors (Lipinski definition) is 1. The first kappa shape index (κ1) is 13.0. The van der Waals surface area contributed by atoms with Crippen molar-refractivity contribution in [2.45, 2.75) is 18.1 Å². The van der Waals surface area contributed by atoms with Crippen LogP contribution in [0.15, 0.2) is 28.8 Å². The zero-order valence-corrected chi connectivity index (χ0v) is 12.1. The van der Waals surface area contributed by atoms with Crippen LogP contribution in [-0.4, -0.2) is 34.3 Å². The Morgan fingerprint density at radius 3 is 2.86 bits per heavy atom. The van der Waals surface area contributed by atoms with E-state index in [1.165, 1.54) is 0 Å². The summed E-state index contributed by atoms with van der Waals surface area (Å²) in [6, 6.07) is 7.64. The number of para-hydroxylation sites is 2. The Labute approximate surface area is 126 Å². The van der Waals surface area contributed by atoms with Crippen molar-refractivity contribution in [3.8, 4) is 11.5 Å². The first-order chi connectivity index (χ1) is 10.3. The van der Waals surface area contributed by atoms with Gasteiger partial charge in [0.15, 0.2) is 17.6 Å². The molecule has 1 aromatic carbocycles. The minimum atomic E-state index is -0.345. The number of hydrogen-bond acceptors (Lipinski definition) is 7. The van der Waals surface area contributed by atoms with Crippen LogP contribution in [0.5, 0.6) is 11.5 Å². The molecule has 3 unspecified atom stereocenters. The first-order valence-corrected chi connectivity index (χ1v) is 8.02. The molecule has 6 nitrogen and oxygen atoms in total. The molecule has 3 heterocycles. The molecule has 2 N–H and O–H groups in total. The minimum Gasteiger partial charge on any atom is -0.485 e. The van der Waals surface area contributed by atoms with Crippen molar-refractivity contribution in [2.24, 2.45) is 5.73 Å². The minimum absolute atomic E-state index is 0.0764. The third-order valence-corrected chi connectivity index (χ3v) is 4.91. The standard InChI is InChI=1S/C14H15N3O3S/c15-9-7-21-6-8(9)14-16-13(17-20-14)12-5-18-10-3-1-2-4-11(10)19-12/h1-4,8-9,12H,5-7,15H2. The fourth-order valence-electron chi connectivity index (χ4n) is 2.50. The summed E-state index contributed by atoms with van der Waals surface area (Å²) in [6.07, 6.45) is -0.345. The fraction of sp³-hybridized carbons (Fsp3) is 0.429. The number of thioether (sulfide) groups is 1. The van der Waals surface area contributed by atoms with Gasteiger partial charge in [0.05, 0.1) is 5.92 Å². The predicted molar refractivity (Wildman–Crippen MR) is 77.6 cm³/mol. The molecule has 1 saturated heterocycles. The molecule has 21 heavy (non-hydrogen) atoms. The van der Waals surface area contributed by atoms with Gasteiger partial charge in [-0.2, -0.15) is 16.7 Å². The molecular formula is C14H15N3O3S. The van der Waals surface area contributed by atoms with E-state index in [-0.39, 0.29) is 18.1 Å². The fourth-order valence-corrected chi connectivity index (χ4v) is 3.78. The van der Waals surface area contributed by atoms with Crippen molar-refractivity contribution in [3.05, 3.63) is 36.0 Å². The largest absolute Gasteiger partial charge is 0.485 e. The number of nitrogens with two attached hydrogens (primary N) is 1. The highest BCUT2D eigenvalue weighted by Crippen LogP contribution is 2.36. The smallest absolute Gasteiger partial charge is 0.232 e. The molecular weight excluding hydrogens is 290 g/mol. The molecule has 2 aliphatic rings. The van der Waals surface area contributed by atoms with Crippen LogP contribution in [0.1, 0.15) is 23.7 Å². The average Bonchev–Trinajstić information content (AvgIpc) is 3.15. The quantitative estimate of drug-likeness (QED) is 0.904. The van der Waals surface area contributed by atoms with Gasteiger partial charge in [-0.3, -0.25) is 0 Å². The Hall–Kier alpha value is -1.73. The van der Waals surface area contributed by atoms with Gasteiger partial charge >= 0.3 is 0 Å². The molecule has 4 rings (SSSR count). The lowest BCUT2D eigenvalue weighted by Crippen LogP contribution is -2.27. The number of aromatic nitrogens is 2. The third-order valence-electron chi connectivity index (χ3n) is 3.70. The van der Waals surface area contributed by atoms with Crippen molar-refractivity contribution in [1.29, 1.82) is 0 Å². The number of fused-ring (bicyclic) bond motifs is 1. The molecule has 3 atom stereocenters. The molecule has 2 aromatic rings. The van der Waals surface area contributed by atoms with Crippen molar-refractivity contribution in [2.75, 3.05) is 18.1 Å². The summed E-state index contributed by atoms with van der Waals surface area (Å²) in [6.45, 7) is 0.376. The summed E-state index contributed by atoms with van der Waals surface area (Å²) in [5, 5.41) is 4.04. The van der Waals surface area contributed by atoms with E-state index in [0.717, 1.165) is 17.3 Å². The average molecular weight is 305 g/mol. The Morgan fingerprint density at radius 1 is 1.19 bits per heavy atom. The van der Waals surface area contributed by atoms with Crippen molar-refractivity contribution in [3.63, 3.8) is 0 Å². The number of rotatable bonds is 2. The second-order valence-corrected chi connectivity index (χ2v) is 6.24. The summed E-state index contributed by atoms with van der Waals surface area (Å²) in [4.78, 5) is 4.46. The van der Waals surface area contributed by atoms with Gasteiger partial charge in [0.2, 0.25) is 11.7 Å². The van der Waals surface area contributed by atoms with E-state index in [4.69, 9.17) is 19.7 Å². The van der Waals surface area contributed by atoms with Gasteiger partial charge in [-0.15, -0.1) is 0 Å². The molecule has 1 aromatic heterocycles. The maximum absolute atomic E-state index is 6.06. The van der Waals surface area contributed by atoms with Crippen molar-refractivity contribution in [1.82, 2.24) is 10.1 Å². The molecule has 0 amide bonds. The molecule has 0 aliphatic carbocycles. The van der Waals surface area contributed by atoms with E-state index >= 15 is 0 Å². The predicted octanol–water partition coefficient (Wildman–Crippen LogP) is 1.74. The van der Waals surface area contributed by atoms with Crippen LogP contribution in [0.3, 0.4) is 0 Å². The second-order valence-electron chi connectivity index (χ2n) is 5.16. The second kappa shape index (κ2) is 5.23. The third kappa shape index (κ3) is 2.36. The summed E-state index contributed by atoms with van der Waals surface area (Å²) in [5.41, 5.74) is 6.06. The highest BCUT2D eigenvalue weighted by atomic mass is 32.2. The lowest BCUT2D eigenvalue weighted by atomic mass is 10.1.